The molecule has 0 atom stereocenters. The van der Waals surface area contributed by atoms with E-state index in [0.717, 1.165) is 10.4 Å². The highest BCUT2D eigenvalue weighted by atomic mass is 35.5. The summed E-state index contributed by atoms with van der Waals surface area (Å²) in [7, 11) is 0. The summed E-state index contributed by atoms with van der Waals surface area (Å²) in [5.41, 5.74) is 0.863. The topological polar surface area (TPSA) is 46.6 Å². The Labute approximate surface area is 151 Å². The SMILES string of the molecule is CCOC(=O)CCN(Cc1ccccc1Cl)C(=O)Cc1cccs1. The molecule has 0 unspecified atom stereocenters. The van der Waals surface area contributed by atoms with E-state index in [1.54, 1.807) is 29.2 Å². The van der Waals surface area contributed by atoms with Gasteiger partial charge >= 0.3 is 5.97 Å². The molecule has 1 aromatic heterocycles. The number of nitrogens with zero attached hydrogens (tertiary/aromatic N) is 1. The van der Waals surface area contributed by atoms with E-state index in [4.69, 9.17) is 16.3 Å². The first kappa shape index (κ1) is 18.5. The maximum Gasteiger partial charge on any atom is 0.307 e. The molecule has 2 aromatic rings. The maximum atomic E-state index is 12.6. The second-order valence-corrected chi connectivity index (χ2v) is 6.66. The Kier molecular flexibility index (Phi) is 7.28. The molecule has 6 heteroatoms. The first-order valence-corrected chi connectivity index (χ1v) is 9.05. The van der Waals surface area contributed by atoms with E-state index in [2.05, 4.69) is 0 Å². The van der Waals surface area contributed by atoms with Crippen LogP contribution in [0.2, 0.25) is 5.02 Å². The minimum absolute atomic E-state index is 0.0262. The molecule has 0 spiro atoms. The lowest BCUT2D eigenvalue weighted by molar-refractivity contribution is -0.144. The minimum Gasteiger partial charge on any atom is -0.466 e. The van der Waals surface area contributed by atoms with Crippen molar-refractivity contribution in [1.82, 2.24) is 4.90 Å². The van der Waals surface area contributed by atoms with Crippen molar-refractivity contribution in [2.75, 3.05) is 13.2 Å². The molecule has 2 rings (SSSR count). The first-order chi connectivity index (χ1) is 11.6. The average molecular weight is 366 g/mol. The second-order valence-electron chi connectivity index (χ2n) is 5.22. The fraction of sp³-hybridized carbons (Fsp3) is 0.333. The summed E-state index contributed by atoms with van der Waals surface area (Å²) in [5, 5.41) is 2.56. The Morgan fingerprint density at radius 3 is 2.67 bits per heavy atom. The molecule has 0 bridgehead atoms. The van der Waals surface area contributed by atoms with Gasteiger partial charge in [-0.1, -0.05) is 35.9 Å². The number of ether oxygens (including phenoxy) is 1. The summed E-state index contributed by atoms with van der Waals surface area (Å²) in [6, 6.07) is 11.3. The number of halogens is 1. The normalized spacial score (nSPS) is 10.4. The van der Waals surface area contributed by atoms with E-state index in [9.17, 15) is 9.59 Å². The van der Waals surface area contributed by atoms with Crippen molar-refractivity contribution in [1.29, 1.82) is 0 Å². The third-order valence-electron chi connectivity index (χ3n) is 3.47. The molecule has 0 fully saturated rings. The van der Waals surface area contributed by atoms with Gasteiger partial charge in [-0.15, -0.1) is 11.3 Å². The standard InChI is InChI=1S/C18H20ClNO3S/c1-2-23-18(22)9-10-20(13-14-6-3-4-8-16(14)19)17(21)12-15-7-5-11-24-15/h3-8,11H,2,9-10,12-13H2,1H3. The van der Waals surface area contributed by atoms with Gasteiger partial charge in [0.25, 0.3) is 0 Å². The van der Waals surface area contributed by atoms with Crippen molar-refractivity contribution in [3.8, 4) is 0 Å². The lowest BCUT2D eigenvalue weighted by Crippen LogP contribution is -2.34. The van der Waals surface area contributed by atoms with Gasteiger partial charge in [0, 0.05) is 23.0 Å². The van der Waals surface area contributed by atoms with Crippen LogP contribution >= 0.6 is 22.9 Å². The van der Waals surface area contributed by atoms with Gasteiger partial charge < -0.3 is 9.64 Å². The molecule has 0 aliphatic carbocycles. The number of hydrogen-bond acceptors (Lipinski definition) is 4. The van der Waals surface area contributed by atoms with Gasteiger partial charge in [0.1, 0.15) is 0 Å². The van der Waals surface area contributed by atoms with Gasteiger partial charge in [0.15, 0.2) is 0 Å². The van der Waals surface area contributed by atoms with Crippen molar-refractivity contribution in [2.45, 2.75) is 26.3 Å². The van der Waals surface area contributed by atoms with Crippen LogP contribution in [0, 0.1) is 0 Å². The summed E-state index contributed by atoms with van der Waals surface area (Å²) in [4.78, 5) is 26.9. The number of thiophene rings is 1. The fourth-order valence-corrected chi connectivity index (χ4v) is 3.15. The van der Waals surface area contributed by atoms with Crippen molar-refractivity contribution in [3.05, 3.63) is 57.2 Å². The largest absolute Gasteiger partial charge is 0.466 e. The molecule has 4 nitrogen and oxygen atoms in total. The van der Waals surface area contributed by atoms with E-state index in [-0.39, 0.29) is 18.3 Å². The number of rotatable bonds is 8. The van der Waals surface area contributed by atoms with Gasteiger partial charge in [0.2, 0.25) is 5.91 Å². The van der Waals surface area contributed by atoms with Crippen LogP contribution in [0.4, 0.5) is 0 Å². The lowest BCUT2D eigenvalue weighted by Gasteiger charge is -2.23. The summed E-state index contributed by atoms with van der Waals surface area (Å²) < 4.78 is 4.95. The van der Waals surface area contributed by atoms with Gasteiger partial charge in [-0.05, 0) is 30.0 Å². The highest BCUT2D eigenvalue weighted by Gasteiger charge is 2.18. The van der Waals surface area contributed by atoms with Gasteiger partial charge in [-0.3, -0.25) is 9.59 Å². The molecule has 0 saturated heterocycles. The molecule has 128 valence electrons. The number of carbonyl (C=O) groups excluding carboxylic acids is 2. The van der Waals surface area contributed by atoms with Crippen LogP contribution in [0.3, 0.4) is 0 Å². The predicted octanol–water partition coefficient (Wildman–Crippen LogP) is 3.93. The molecule has 0 aliphatic rings. The van der Waals surface area contributed by atoms with Crippen LogP contribution in [0.1, 0.15) is 23.8 Å². The fourth-order valence-electron chi connectivity index (χ4n) is 2.26. The molecule has 0 N–H and O–H groups in total. The number of benzene rings is 1. The van der Waals surface area contributed by atoms with Crippen LogP contribution < -0.4 is 0 Å². The third kappa shape index (κ3) is 5.65. The van der Waals surface area contributed by atoms with Gasteiger partial charge in [-0.2, -0.15) is 0 Å². The highest BCUT2D eigenvalue weighted by molar-refractivity contribution is 7.10. The number of hydrogen-bond donors (Lipinski definition) is 0. The minimum atomic E-state index is -0.300. The molecule has 0 radical (unpaired) electrons. The van der Waals surface area contributed by atoms with Crippen LogP contribution in [-0.4, -0.2) is 29.9 Å². The quantitative estimate of drug-likeness (QED) is 0.666. The Morgan fingerprint density at radius 1 is 1.21 bits per heavy atom. The zero-order chi connectivity index (χ0) is 17.4. The summed E-state index contributed by atoms with van der Waals surface area (Å²) in [6.07, 6.45) is 0.499. The van der Waals surface area contributed by atoms with E-state index >= 15 is 0 Å². The van der Waals surface area contributed by atoms with E-state index in [0.29, 0.717) is 31.1 Å². The highest BCUT2D eigenvalue weighted by Crippen LogP contribution is 2.19. The van der Waals surface area contributed by atoms with Gasteiger partial charge in [-0.25, -0.2) is 0 Å². The number of esters is 1. The third-order valence-corrected chi connectivity index (χ3v) is 4.71. The van der Waals surface area contributed by atoms with Crippen LogP contribution in [0.15, 0.2) is 41.8 Å². The summed E-state index contributed by atoms with van der Waals surface area (Å²) in [6.45, 7) is 2.80. The lowest BCUT2D eigenvalue weighted by atomic mass is 10.2. The Bertz CT molecular complexity index is 673. The molecular weight excluding hydrogens is 346 g/mol. The van der Waals surface area contributed by atoms with E-state index in [1.807, 2.05) is 35.7 Å². The monoisotopic (exact) mass is 365 g/mol. The van der Waals surface area contributed by atoms with Crippen LogP contribution in [0.25, 0.3) is 0 Å². The van der Waals surface area contributed by atoms with Crippen LogP contribution in [-0.2, 0) is 27.3 Å². The molecule has 1 amide bonds. The Balaban J connectivity index is 2.06. The maximum absolute atomic E-state index is 12.6. The second kappa shape index (κ2) is 9.45. The predicted molar refractivity (Wildman–Crippen MR) is 96.1 cm³/mol. The summed E-state index contributed by atoms with van der Waals surface area (Å²) >= 11 is 7.75. The first-order valence-electron chi connectivity index (χ1n) is 7.79. The van der Waals surface area contributed by atoms with Gasteiger partial charge in [0.05, 0.1) is 19.4 Å². The molecule has 24 heavy (non-hydrogen) atoms. The molecule has 1 heterocycles. The molecule has 0 saturated carbocycles. The van der Waals surface area contributed by atoms with Crippen molar-refractivity contribution in [3.63, 3.8) is 0 Å². The van der Waals surface area contributed by atoms with Crippen molar-refractivity contribution >= 4 is 34.8 Å². The number of amides is 1. The zero-order valence-electron chi connectivity index (χ0n) is 13.5. The summed E-state index contributed by atoms with van der Waals surface area (Å²) in [5.74, 6) is -0.327. The average Bonchev–Trinajstić information content (AvgIpc) is 3.06. The Morgan fingerprint density at radius 2 is 2.00 bits per heavy atom. The molecule has 1 aromatic carbocycles. The van der Waals surface area contributed by atoms with Crippen LogP contribution in [0.5, 0.6) is 0 Å². The Hall–Kier alpha value is -1.85. The molecular formula is C18H20ClNO3S. The van der Waals surface area contributed by atoms with Crippen molar-refractivity contribution in [2.24, 2.45) is 0 Å². The van der Waals surface area contributed by atoms with Crippen molar-refractivity contribution < 1.29 is 14.3 Å². The van der Waals surface area contributed by atoms with E-state index in [1.165, 1.54) is 0 Å². The zero-order valence-corrected chi connectivity index (χ0v) is 15.1. The number of carbonyl (C=O) groups is 2. The van der Waals surface area contributed by atoms with E-state index < -0.39 is 0 Å². The smallest absolute Gasteiger partial charge is 0.307 e. The molecule has 0 aliphatic heterocycles.